The predicted molar refractivity (Wildman–Crippen MR) is 138 cm³/mol. The summed E-state index contributed by atoms with van der Waals surface area (Å²) in [5.41, 5.74) is 2.52. The van der Waals surface area contributed by atoms with E-state index in [2.05, 4.69) is 15.1 Å². The first-order chi connectivity index (χ1) is 18.8. The number of imide groups is 2. The lowest BCUT2D eigenvalue weighted by Gasteiger charge is -2.37. The molecule has 4 aliphatic heterocycles. The van der Waals surface area contributed by atoms with Crippen molar-refractivity contribution in [1.29, 1.82) is 0 Å². The average Bonchev–Trinajstić information content (AvgIpc) is 3.38. The number of hydrogen-bond acceptors (Lipinski definition) is 7. The minimum Gasteiger partial charge on any atom is -0.369 e. The molecule has 202 valence electrons. The van der Waals surface area contributed by atoms with E-state index in [1.54, 1.807) is 24.3 Å². The van der Waals surface area contributed by atoms with Crippen molar-refractivity contribution in [3.63, 3.8) is 0 Å². The van der Waals surface area contributed by atoms with Gasteiger partial charge in [0.25, 0.3) is 17.7 Å². The highest BCUT2D eigenvalue weighted by molar-refractivity contribution is 6.21. The molecule has 0 radical (unpaired) electrons. The maximum atomic E-state index is 14.6. The van der Waals surface area contributed by atoms with Crippen LogP contribution in [0.4, 0.5) is 10.1 Å². The molecule has 39 heavy (non-hydrogen) atoms. The van der Waals surface area contributed by atoms with Crippen molar-refractivity contribution < 1.29 is 28.4 Å². The molecular formula is C28H28FN5O5. The minimum absolute atomic E-state index is 0.159. The van der Waals surface area contributed by atoms with Gasteiger partial charge in [0.1, 0.15) is 11.9 Å². The first-order valence-electron chi connectivity index (χ1n) is 13.2. The molecule has 10 nitrogen and oxygen atoms in total. The van der Waals surface area contributed by atoms with E-state index in [9.17, 15) is 28.4 Å². The molecule has 0 bridgehead atoms. The van der Waals surface area contributed by atoms with Crippen LogP contribution in [0.1, 0.15) is 55.9 Å². The summed E-state index contributed by atoms with van der Waals surface area (Å²) < 4.78 is 14.6. The Bertz CT molecular complexity index is 1370. The smallest absolute Gasteiger partial charge is 0.261 e. The van der Waals surface area contributed by atoms with Gasteiger partial charge in [-0.15, -0.1) is 0 Å². The van der Waals surface area contributed by atoms with E-state index in [1.165, 1.54) is 21.9 Å². The molecular weight excluding hydrogens is 505 g/mol. The van der Waals surface area contributed by atoms with Gasteiger partial charge in [0.05, 0.1) is 11.1 Å². The van der Waals surface area contributed by atoms with E-state index >= 15 is 0 Å². The second-order valence-electron chi connectivity index (χ2n) is 10.3. The molecule has 6 rings (SSSR count). The van der Waals surface area contributed by atoms with E-state index in [0.717, 1.165) is 0 Å². The van der Waals surface area contributed by atoms with Crippen LogP contribution >= 0.6 is 0 Å². The summed E-state index contributed by atoms with van der Waals surface area (Å²) in [6.07, 6.45) is 1.06. The van der Waals surface area contributed by atoms with Crippen LogP contribution in [0.2, 0.25) is 0 Å². The SMILES string of the molecule is O=C1CCC(N2Cc3c(cc(F)cc3N3CCN(CCCN4C(=O)c5ccccc5C4=O)CC3)C2=O)C(=O)N1. The highest BCUT2D eigenvalue weighted by atomic mass is 19.1. The van der Waals surface area contributed by atoms with Crippen molar-refractivity contribution in [3.8, 4) is 0 Å². The lowest BCUT2D eigenvalue weighted by Crippen LogP contribution is -2.52. The van der Waals surface area contributed by atoms with Crippen molar-refractivity contribution in [2.75, 3.05) is 44.2 Å². The Kier molecular flexibility index (Phi) is 6.38. The quantitative estimate of drug-likeness (QED) is 0.559. The number of piperazine rings is 1. The van der Waals surface area contributed by atoms with Gasteiger partial charge in [-0.3, -0.25) is 39.1 Å². The Morgan fingerprint density at radius 1 is 0.846 bits per heavy atom. The highest BCUT2D eigenvalue weighted by Gasteiger charge is 2.41. The number of rotatable bonds is 6. The molecule has 5 amide bonds. The monoisotopic (exact) mass is 533 g/mol. The number of piperidine rings is 1. The van der Waals surface area contributed by atoms with Crippen LogP contribution in [0.3, 0.4) is 0 Å². The third-order valence-electron chi connectivity index (χ3n) is 8.04. The number of fused-ring (bicyclic) bond motifs is 2. The normalized spacial score (nSPS) is 21.5. The van der Waals surface area contributed by atoms with Gasteiger partial charge in [-0.05, 0) is 43.7 Å². The fraction of sp³-hybridized carbons (Fsp3) is 0.393. The third-order valence-corrected chi connectivity index (χ3v) is 8.04. The number of carbonyl (C=O) groups is 5. The van der Waals surface area contributed by atoms with Crippen LogP contribution in [0.5, 0.6) is 0 Å². The van der Waals surface area contributed by atoms with E-state index in [0.29, 0.717) is 68.1 Å². The number of hydrogen-bond donors (Lipinski definition) is 1. The number of nitrogens with one attached hydrogen (secondary N) is 1. The number of halogens is 1. The summed E-state index contributed by atoms with van der Waals surface area (Å²) in [7, 11) is 0. The molecule has 2 aromatic rings. The van der Waals surface area contributed by atoms with E-state index in [-0.39, 0.29) is 42.7 Å². The Balaban J connectivity index is 1.07. The van der Waals surface area contributed by atoms with Gasteiger partial charge < -0.3 is 9.80 Å². The molecule has 0 saturated carbocycles. The van der Waals surface area contributed by atoms with Gasteiger partial charge in [0.2, 0.25) is 11.8 Å². The van der Waals surface area contributed by atoms with Crippen LogP contribution in [0, 0.1) is 5.82 Å². The molecule has 11 heteroatoms. The Hall–Kier alpha value is -4.12. The lowest BCUT2D eigenvalue weighted by molar-refractivity contribution is -0.136. The number of amides is 5. The summed E-state index contributed by atoms with van der Waals surface area (Å²) >= 11 is 0. The van der Waals surface area contributed by atoms with Crippen LogP contribution in [0.15, 0.2) is 36.4 Å². The van der Waals surface area contributed by atoms with Gasteiger partial charge >= 0.3 is 0 Å². The summed E-state index contributed by atoms with van der Waals surface area (Å²) in [6.45, 7) is 3.91. The fourth-order valence-electron chi connectivity index (χ4n) is 6.00. The number of anilines is 1. The molecule has 1 atom stereocenters. The standard InChI is InChI=1S/C28H28FN5O5/c29-17-14-20-21(16-34(28(20)39)22-6-7-24(35)30-25(22)36)23(15-17)32-12-10-31(11-13-32)8-3-9-33-26(37)18-4-1-2-5-19(18)27(33)38/h1-2,4-5,14-15,22H,3,6-13,16H2,(H,30,35,36). The van der Waals surface area contributed by atoms with Gasteiger partial charge in [0.15, 0.2) is 0 Å². The molecule has 0 aromatic heterocycles. The van der Waals surface area contributed by atoms with Crippen molar-refractivity contribution in [2.45, 2.75) is 31.8 Å². The summed E-state index contributed by atoms with van der Waals surface area (Å²) in [5.74, 6) is -2.25. The van der Waals surface area contributed by atoms with Crippen molar-refractivity contribution in [2.24, 2.45) is 0 Å². The first kappa shape index (κ1) is 25.2. The largest absolute Gasteiger partial charge is 0.369 e. The van der Waals surface area contributed by atoms with Crippen molar-refractivity contribution in [1.82, 2.24) is 20.0 Å². The van der Waals surface area contributed by atoms with Crippen LogP contribution in [0.25, 0.3) is 0 Å². The molecule has 2 saturated heterocycles. The Morgan fingerprint density at radius 2 is 1.54 bits per heavy atom. The molecule has 2 aromatic carbocycles. The zero-order chi connectivity index (χ0) is 27.3. The van der Waals surface area contributed by atoms with Gasteiger partial charge in [-0.2, -0.15) is 0 Å². The van der Waals surface area contributed by atoms with Crippen molar-refractivity contribution >= 4 is 35.2 Å². The minimum atomic E-state index is -0.752. The molecule has 4 heterocycles. The summed E-state index contributed by atoms with van der Waals surface area (Å²) in [6, 6.07) is 8.77. The second-order valence-corrected chi connectivity index (χ2v) is 10.3. The molecule has 0 spiro atoms. The van der Waals surface area contributed by atoms with Crippen LogP contribution in [-0.4, -0.2) is 89.5 Å². The van der Waals surface area contributed by atoms with Gasteiger partial charge in [-0.25, -0.2) is 4.39 Å². The summed E-state index contributed by atoms with van der Waals surface area (Å²) in [5, 5.41) is 2.29. The number of nitrogens with zero attached hydrogens (tertiary/aromatic N) is 4. The maximum absolute atomic E-state index is 14.6. The topological polar surface area (TPSA) is 110 Å². The second kappa shape index (κ2) is 9.88. The maximum Gasteiger partial charge on any atom is 0.261 e. The van der Waals surface area contributed by atoms with Gasteiger partial charge in [-0.1, -0.05) is 12.1 Å². The van der Waals surface area contributed by atoms with Gasteiger partial charge in [0, 0.05) is 62.5 Å². The molecule has 0 aliphatic carbocycles. The zero-order valence-electron chi connectivity index (χ0n) is 21.3. The van der Waals surface area contributed by atoms with E-state index in [1.807, 2.05) is 0 Å². The van der Waals surface area contributed by atoms with Crippen LogP contribution in [-0.2, 0) is 16.1 Å². The third kappa shape index (κ3) is 4.46. The fourth-order valence-corrected chi connectivity index (χ4v) is 6.00. The molecule has 1 N–H and O–H groups in total. The molecule has 2 fully saturated rings. The summed E-state index contributed by atoms with van der Waals surface area (Å²) in [4.78, 5) is 69.3. The highest BCUT2D eigenvalue weighted by Crippen LogP contribution is 2.35. The molecule has 4 aliphatic rings. The number of carbonyl (C=O) groups excluding carboxylic acids is 5. The Morgan fingerprint density at radius 3 is 2.21 bits per heavy atom. The predicted octanol–water partition coefficient (Wildman–Crippen LogP) is 1.40. The van der Waals surface area contributed by atoms with Crippen molar-refractivity contribution in [3.05, 3.63) is 64.5 Å². The van der Waals surface area contributed by atoms with E-state index < -0.39 is 23.7 Å². The molecule has 1 unspecified atom stereocenters. The average molecular weight is 534 g/mol. The lowest BCUT2D eigenvalue weighted by atomic mass is 10.0. The van der Waals surface area contributed by atoms with E-state index in [4.69, 9.17) is 0 Å². The first-order valence-corrected chi connectivity index (χ1v) is 13.2. The van der Waals surface area contributed by atoms with Crippen LogP contribution < -0.4 is 10.2 Å². The Labute approximate surface area is 224 Å². The number of benzene rings is 2. The zero-order valence-corrected chi connectivity index (χ0v) is 21.3.